The summed E-state index contributed by atoms with van der Waals surface area (Å²) in [5.74, 6) is -28.1. The van der Waals surface area contributed by atoms with Crippen LogP contribution in [0.3, 0.4) is 0 Å². The molecule has 4 nitrogen and oxygen atoms in total. The number of halogens is 8. The number of hydrogen-bond donors (Lipinski definition) is 2. The van der Waals surface area contributed by atoms with Gasteiger partial charge in [0.1, 0.15) is 0 Å². The maximum Gasteiger partial charge on any atom is 0.378 e. The minimum Gasteiger partial charge on any atom is -0.478 e. The number of carbonyl (C=O) groups is 2. The third-order valence-electron chi connectivity index (χ3n) is 3.32. The summed E-state index contributed by atoms with van der Waals surface area (Å²) in [6.07, 6.45) is -4.46. The van der Waals surface area contributed by atoms with Crippen LogP contribution in [0.5, 0.6) is 0 Å². The van der Waals surface area contributed by atoms with E-state index in [0.29, 0.717) is 13.8 Å². The van der Waals surface area contributed by atoms with Crippen molar-refractivity contribution < 1.29 is 54.9 Å². The predicted octanol–water partition coefficient (Wildman–Crippen LogP) is 4.37. The summed E-state index contributed by atoms with van der Waals surface area (Å²) in [7, 11) is 0. The molecule has 150 valence electrons. The first kappa shape index (κ1) is 23.9. The summed E-state index contributed by atoms with van der Waals surface area (Å²) >= 11 is 0. The molecule has 2 N–H and O–H groups in total. The molecule has 0 aliphatic heterocycles. The molecule has 26 heavy (non-hydrogen) atoms. The van der Waals surface area contributed by atoms with Gasteiger partial charge in [-0.05, 0) is 13.8 Å². The van der Waals surface area contributed by atoms with E-state index in [-0.39, 0.29) is 12.2 Å². The molecule has 12 heteroatoms. The Balaban J connectivity index is 5.76. The third kappa shape index (κ3) is 4.73. The second kappa shape index (κ2) is 7.62. The SMILES string of the molecule is C/C(=C\CC(F)(F)C(F)(F)C(F)(F)C(F)(F)C/C=C(\C)C(=O)O)C(=O)O. The van der Waals surface area contributed by atoms with E-state index < -0.39 is 59.6 Å². The zero-order chi connectivity index (χ0) is 21.1. The van der Waals surface area contributed by atoms with Crippen molar-refractivity contribution in [1.29, 1.82) is 0 Å². The Labute approximate surface area is 141 Å². The van der Waals surface area contributed by atoms with Gasteiger partial charge in [0, 0.05) is 24.0 Å². The number of alkyl halides is 8. The molecular formula is C14H14F8O4. The first-order valence-corrected chi connectivity index (χ1v) is 6.72. The molecule has 0 aliphatic carbocycles. The topological polar surface area (TPSA) is 74.6 Å². The van der Waals surface area contributed by atoms with Gasteiger partial charge in [-0.3, -0.25) is 0 Å². The van der Waals surface area contributed by atoms with E-state index in [1.165, 1.54) is 0 Å². The van der Waals surface area contributed by atoms with Crippen LogP contribution in [0.1, 0.15) is 26.7 Å². The molecule has 0 aromatic rings. The van der Waals surface area contributed by atoms with E-state index in [1.807, 2.05) is 0 Å². The van der Waals surface area contributed by atoms with Crippen LogP contribution in [0.4, 0.5) is 35.1 Å². The van der Waals surface area contributed by atoms with Crippen LogP contribution in [0.15, 0.2) is 23.3 Å². The number of carboxylic acid groups (broad SMARTS) is 2. The van der Waals surface area contributed by atoms with E-state index in [1.54, 1.807) is 0 Å². The van der Waals surface area contributed by atoms with Gasteiger partial charge in [-0.25, -0.2) is 9.59 Å². The number of allylic oxidation sites excluding steroid dienone is 2. The largest absolute Gasteiger partial charge is 0.478 e. The molecule has 0 heterocycles. The minimum atomic E-state index is -6.55. The normalized spacial score (nSPS) is 15.2. The van der Waals surface area contributed by atoms with Crippen LogP contribution in [-0.4, -0.2) is 45.8 Å². The zero-order valence-corrected chi connectivity index (χ0v) is 13.3. The molecule has 0 saturated heterocycles. The molecule has 0 bridgehead atoms. The molecule has 0 atom stereocenters. The average Bonchev–Trinajstić information content (AvgIpc) is 2.49. The molecule has 0 unspecified atom stereocenters. The van der Waals surface area contributed by atoms with Crippen molar-refractivity contribution in [2.45, 2.75) is 50.4 Å². The van der Waals surface area contributed by atoms with E-state index in [0.717, 1.165) is 0 Å². The van der Waals surface area contributed by atoms with Crippen molar-refractivity contribution in [3.8, 4) is 0 Å². The fourth-order valence-electron chi connectivity index (χ4n) is 1.45. The second-order valence-corrected chi connectivity index (χ2v) is 5.35. The highest BCUT2D eigenvalue weighted by Gasteiger charge is 2.79. The fraction of sp³-hybridized carbons (Fsp3) is 0.571. The van der Waals surface area contributed by atoms with Crippen LogP contribution in [0.25, 0.3) is 0 Å². The standard InChI is InChI=1S/C14H14F8O4/c1-7(9(23)24)3-5-11(15,16)13(19,20)14(21,22)12(17,18)6-4-8(2)10(25)26/h3-4H,5-6H2,1-2H3,(H,23,24)(H,25,26)/b7-3+,8-4+. The molecule has 0 spiro atoms. The van der Waals surface area contributed by atoms with Crippen molar-refractivity contribution in [2.24, 2.45) is 0 Å². The van der Waals surface area contributed by atoms with Crippen molar-refractivity contribution in [3.63, 3.8) is 0 Å². The Morgan fingerprint density at radius 1 is 0.692 bits per heavy atom. The lowest BCUT2D eigenvalue weighted by molar-refractivity contribution is -0.364. The monoisotopic (exact) mass is 398 g/mol. The maximum atomic E-state index is 13.5. The Kier molecular flexibility index (Phi) is 6.99. The van der Waals surface area contributed by atoms with Gasteiger partial charge in [0.25, 0.3) is 0 Å². The highest BCUT2D eigenvalue weighted by molar-refractivity contribution is 5.86. The molecule has 0 aliphatic rings. The number of carboxylic acids is 2. The van der Waals surface area contributed by atoms with Gasteiger partial charge in [-0.15, -0.1) is 0 Å². The lowest BCUT2D eigenvalue weighted by Crippen LogP contribution is -2.61. The van der Waals surface area contributed by atoms with E-state index in [4.69, 9.17) is 10.2 Å². The average molecular weight is 398 g/mol. The fourth-order valence-corrected chi connectivity index (χ4v) is 1.45. The highest BCUT2D eigenvalue weighted by atomic mass is 19.4. The number of hydrogen-bond acceptors (Lipinski definition) is 2. The second-order valence-electron chi connectivity index (χ2n) is 5.35. The number of aliphatic carboxylic acids is 2. The number of rotatable bonds is 9. The Morgan fingerprint density at radius 2 is 0.923 bits per heavy atom. The smallest absolute Gasteiger partial charge is 0.378 e. The highest BCUT2D eigenvalue weighted by Crippen LogP contribution is 2.54. The third-order valence-corrected chi connectivity index (χ3v) is 3.32. The molecule has 0 saturated carbocycles. The molecular weight excluding hydrogens is 384 g/mol. The Bertz CT molecular complexity index is 568. The van der Waals surface area contributed by atoms with Gasteiger partial charge in [-0.2, -0.15) is 35.1 Å². The first-order chi connectivity index (χ1) is 11.4. The van der Waals surface area contributed by atoms with Crippen molar-refractivity contribution in [2.75, 3.05) is 0 Å². The quantitative estimate of drug-likeness (QED) is 0.447. The first-order valence-electron chi connectivity index (χ1n) is 6.72. The molecule has 0 amide bonds. The summed E-state index contributed by atoms with van der Waals surface area (Å²) in [4.78, 5) is 20.8. The predicted molar refractivity (Wildman–Crippen MR) is 71.8 cm³/mol. The molecule has 0 fully saturated rings. The van der Waals surface area contributed by atoms with Crippen molar-refractivity contribution in [1.82, 2.24) is 0 Å². The Morgan fingerprint density at radius 3 is 1.12 bits per heavy atom. The van der Waals surface area contributed by atoms with E-state index in [9.17, 15) is 44.7 Å². The lowest BCUT2D eigenvalue weighted by atomic mass is 9.94. The van der Waals surface area contributed by atoms with Crippen LogP contribution >= 0.6 is 0 Å². The summed E-state index contributed by atoms with van der Waals surface area (Å²) in [6.45, 7) is 1.42. The van der Waals surface area contributed by atoms with Gasteiger partial charge in [-0.1, -0.05) is 12.2 Å². The van der Waals surface area contributed by atoms with Crippen molar-refractivity contribution in [3.05, 3.63) is 23.3 Å². The molecule has 0 aromatic heterocycles. The van der Waals surface area contributed by atoms with E-state index in [2.05, 4.69) is 0 Å². The van der Waals surface area contributed by atoms with Crippen LogP contribution in [-0.2, 0) is 9.59 Å². The summed E-state index contributed by atoms with van der Waals surface area (Å²) < 4.78 is 108. The van der Waals surface area contributed by atoms with Crippen molar-refractivity contribution >= 4 is 11.9 Å². The van der Waals surface area contributed by atoms with Gasteiger partial charge in [0.05, 0.1) is 0 Å². The molecule has 0 aromatic carbocycles. The Hall–Kier alpha value is -2.14. The lowest BCUT2D eigenvalue weighted by Gasteiger charge is -2.36. The van der Waals surface area contributed by atoms with Gasteiger partial charge in [0.2, 0.25) is 0 Å². The van der Waals surface area contributed by atoms with Gasteiger partial charge >= 0.3 is 35.6 Å². The summed E-state index contributed by atoms with van der Waals surface area (Å²) in [5.41, 5.74) is -1.76. The molecule has 0 rings (SSSR count). The minimum absolute atomic E-state index is 0.00105. The summed E-state index contributed by atoms with van der Waals surface area (Å²) in [5, 5.41) is 16.8. The van der Waals surface area contributed by atoms with Crippen LogP contribution in [0.2, 0.25) is 0 Å². The molecule has 0 radical (unpaired) electrons. The zero-order valence-electron chi connectivity index (χ0n) is 13.3. The van der Waals surface area contributed by atoms with Crippen LogP contribution in [0, 0.1) is 0 Å². The van der Waals surface area contributed by atoms with E-state index >= 15 is 0 Å². The van der Waals surface area contributed by atoms with Gasteiger partial charge < -0.3 is 10.2 Å². The summed E-state index contributed by atoms with van der Waals surface area (Å²) in [6, 6.07) is 0. The van der Waals surface area contributed by atoms with Crippen LogP contribution < -0.4 is 0 Å². The maximum absolute atomic E-state index is 13.5. The van der Waals surface area contributed by atoms with Gasteiger partial charge in [0.15, 0.2) is 0 Å².